The van der Waals surface area contributed by atoms with Gasteiger partial charge in [0.2, 0.25) is 11.8 Å². The highest BCUT2D eigenvalue weighted by Gasteiger charge is 2.43. The van der Waals surface area contributed by atoms with Gasteiger partial charge in [-0.25, -0.2) is 0 Å². The van der Waals surface area contributed by atoms with Gasteiger partial charge in [0.1, 0.15) is 0 Å². The van der Waals surface area contributed by atoms with Gasteiger partial charge in [-0.1, -0.05) is 18.9 Å². The fraction of sp³-hybridized carbons (Fsp3) is 0.500. The highest BCUT2D eigenvalue weighted by Crippen LogP contribution is 2.41. The number of carbonyl (C=O) groups excluding carboxylic acids is 2. The minimum Gasteiger partial charge on any atom is -0.481 e. The van der Waals surface area contributed by atoms with Gasteiger partial charge in [-0.3, -0.25) is 14.4 Å². The lowest BCUT2D eigenvalue weighted by atomic mass is 9.82. The van der Waals surface area contributed by atoms with E-state index in [-0.39, 0.29) is 24.2 Å². The van der Waals surface area contributed by atoms with Crippen LogP contribution >= 0.6 is 0 Å². The van der Waals surface area contributed by atoms with Gasteiger partial charge in [0.25, 0.3) is 0 Å². The number of hydrogen-bond donors (Lipinski definition) is 3. The second kappa shape index (κ2) is 6.63. The summed E-state index contributed by atoms with van der Waals surface area (Å²) in [4.78, 5) is 35.6. The molecule has 128 valence electrons. The molecule has 0 saturated heterocycles. The summed E-state index contributed by atoms with van der Waals surface area (Å²) in [5, 5.41) is 15.0. The summed E-state index contributed by atoms with van der Waals surface area (Å²) in [6.07, 6.45) is 4.64. The Morgan fingerprint density at radius 1 is 1.08 bits per heavy atom. The predicted molar refractivity (Wildman–Crippen MR) is 89.6 cm³/mol. The van der Waals surface area contributed by atoms with Crippen molar-refractivity contribution in [3.05, 3.63) is 24.3 Å². The molecule has 3 N–H and O–H groups in total. The Balaban J connectivity index is 1.61. The van der Waals surface area contributed by atoms with Gasteiger partial charge < -0.3 is 15.7 Å². The molecule has 0 atom stereocenters. The van der Waals surface area contributed by atoms with E-state index in [1.807, 2.05) is 0 Å². The molecule has 0 radical (unpaired) electrons. The second-order valence-corrected chi connectivity index (χ2v) is 6.86. The molecule has 2 aliphatic carbocycles. The van der Waals surface area contributed by atoms with Crippen molar-refractivity contribution >= 4 is 29.2 Å². The first kappa shape index (κ1) is 16.5. The molecule has 1 aromatic rings. The molecule has 2 amide bonds. The highest BCUT2D eigenvalue weighted by atomic mass is 16.4. The van der Waals surface area contributed by atoms with Crippen LogP contribution in [0, 0.1) is 11.3 Å². The maximum absolute atomic E-state index is 12.3. The molecule has 0 aromatic heterocycles. The predicted octanol–water partition coefficient (Wildman–Crippen LogP) is 3.01. The first-order valence-electron chi connectivity index (χ1n) is 8.43. The van der Waals surface area contributed by atoms with Crippen LogP contribution in [-0.2, 0) is 14.4 Å². The first-order valence-corrected chi connectivity index (χ1v) is 8.43. The number of aliphatic carboxylic acids is 1. The molecule has 2 fully saturated rings. The van der Waals surface area contributed by atoms with Gasteiger partial charge in [0.05, 0.1) is 5.41 Å². The molecule has 2 saturated carbocycles. The summed E-state index contributed by atoms with van der Waals surface area (Å²) in [5.74, 6) is -1.07. The normalized spacial score (nSPS) is 18.8. The van der Waals surface area contributed by atoms with Crippen LogP contribution in [0.25, 0.3) is 0 Å². The topological polar surface area (TPSA) is 95.5 Å². The van der Waals surface area contributed by atoms with Crippen molar-refractivity contribution in [2.75, 3.05) is 10.6 Å². The average molecular weight is 330 g/mol. The third-order valence-electron chi connectivity index (χ3n) is 4.88. The largest absolute Gasteiger partial charge is 0.481 e. The van der Waals surface area contributed by atoms with Gasteiger partial charge in [0, 0.05) is 23.7 Å². The third kappa shape index (κ3) is 3.75. The number of hydrogen-bond acceptors (Lipinski definition) is 3. The molecule has 0 aliphatic heterocycles. The number of carbonyl (C=O) groups is 3. The Bertz CT molecular complexity index is 661. The van der Waals surface area contributed by atoms with E-state index in [4.69, 9.17) is 0 Å². The number of anilines is 2. The number of benzene rings is 1. The fourth-order valence-corrected chi connectivity index (χ4v) is 3.30. The fourth-order valence-electron chi connectivity index (χ4n) is 3.30. The van der Waals surface area contributed by atoms with Crippen molar-refractivity contribution in [3.63, 3.8) is 0 Å². The second-order valence-electron chi connectivity index (χ2n) is 6.86. The summed E-state index contributed by atoms with van der Waals surface area (Å²) in [5.41, 5.74) is 0.271. The van der Waals surface area contributed by atoms with Crippen LogP contribution < -0.4 is 10.6 Å². The zero-order valence-corrected chi connectivity index (χ0v) is 13.5. The standard InChI is InChI=1S/C18H22N2O4/c21-15(11-18(17(23)24)8-1-2-9-18)19-13-4-3-5-14(10-13)20-16(22)12-6-7-12/h3-5,10,12H,1-2,6-9,11H2,(H,19,21)(H,20,22)(H,23,24). The molecule has 0 unspecified atom stereocenters. The van der Waals surface area contributed by atoms with Gasteiger partial charge in [-0.2, -0.15) is 0 Å². The van der Waals surface area contributed by atoms with Crippen molar-refractivity contribution in [2.24, 2.45) is 11.3 Å². The maximum Gasteiger partial charge on any atom is 0.310 e. The van der Waals surface area contributed by atoms with Crippen LogP contribution in [0.3, 0.4) is 0 Å². The van der Waals surface area contributed by atoms with Crippen LogP contribution in [0.5, 0.6) is 0 Å². The van der Waals surface area contributed by atoms with Gasteiger partial charge in [0.15, 0.2) is 0 Å². The lowest BCUT2D eigenvalue weighted by molar-refractivity contribution is -0.150. The van der Waals surface area contributed by atoms with E-state index in [9.17, 15) is 19.5 Å². The number of rotatable bonds is 6. The number of carboxylic acid groups (broad SMARTS) is 1. The molecule has 0 bridgehead atoms. The zero-order chi connectivity index (χ0) is 17.2. The smallest absolute Gasteiger partial charge is 0.310 e. The first-order chi connectivity index (χ1) is 11.5. The molecular weight excluding hydrogens is 308 g/mol. The lowest BCUT2D eigenvalue weighted by Crippen LogP contribution is -2.32. The molecule has 2 aliphatic rings. The Hall–Kier alpha value is -2.37. The Morgan fingerprint density at radius 3 is 2.29 bits per heavy atom. The molecule has 24 heavy (non-hydrogen) atoms. The van der Waals surface area contributed by atoms with E-state index >= 15 is 0 Å². The maximum atomic E-state index is 12.3. The number of amides is 2. The van der Waals surface area contributed by atoms with Gasteiger partial charge in [-0.15, -0.1) is 0 Å². The molecule has 0 spiro atoms. The SMILES string of the molecule is O=C(CC1(C(=O)O)CCCC1)Nc1cccc(NC(=O)C2CC2)c1. The lowest BCUT2D eigenvalue weighted by Gasteiger charge is -2.22. The zero-order valence-electron chi connectivity index (χ0n) is 13.5. The van der Waals surface area contributed by atoms with E-state index in [0.717, 1.165) is 25.7 Å². The van der Waals surface area contributed by atoms with Gasteiger partial charge in [-0.05, 0) is 43.9 Å². The van der Waals surface area contributed by atoms with E-state index in [1.54, 1.807) is 24.3 Å². The summed E-state index contributed by atoms with van der Waals surface area (Å²) in [6, 6.07) is 6.94. The van der Waals surface area contributed by atoms with Crippen molar-refractivity contribution in [3.8, 4) is 0 Å². The van der Waals surface area contributed by atoms with E-state index < -0.39 is 11.4 Å². The van der Waals surface area contributed by atoms with Crippen molar-refractivity contribution in [2.45, 2.75) is 44.9 Å². The summed E-state index contributed by atoms with van der Waals surface area (Å²) in [7, 11) is 0. The van der Waals surface area contributed by atoms with E-state index in [1.165, 1.54) is 0 Å². The summed E-state index contributed by atoms with van der Waals surface area (Å²) >= 11 is 0. The van der Waals surface area contributed by atoms with Gasteiger partial charge >= 0.3 is 5.97 Å². The minimum absolute atomic E-state index is 0.00858. The Kier molecular flexibility index (Phi) is 4.55. The number of carboxylic acids is 1. The molecule has 6 heteroatoms. The molecule has 3 rings (SSSR count). The molecular formula is C18H22N2O4. The average Bonchev–Trinajstić information content (AvgIpc) is 3.27. The highest BCUT2D eigenvalue weighted by molar-refractivity contribution is 5.97. The van der Waals surface area contributed by atoms with Crippen molar-refractivity contribution in [1.82, 2.24) is 0 Å². The van der Waals surface area contributed by atoms with Crippen LogP contribution in [-0.4, -0.2) is 22.9 Å². The number of nitrogens with one attached hydrogen (secondary N) is 2. The summed E-state index contributed by atoms with van der Waals surface area (Å²) < 4.78 is 0. The van der Waals surface area contributed by atoms with E-state index in [2.05, 4.69) is 10.6 Å². The Labute approximate surface area is 140 Å². The molecule has 0 heterocycles. The van der Waals surface area contributed by atoms with Crippen LogP contribution in [0.2, 0.25) is 0 Å². The molecule has 1 aromatic carbocycles. The molecule has 6 nitrogen and oxygen atoms in total. The monoisotopic (exact) mass is 330 g/mol. The van der Waals surface area contributed by atoms with Crippen LogP contribution in [0.4, 0.5) is 11.4 Å². The minimum atomic E-state index is -0.929. The Morgan fingerprint density at radius 2 is 1.71 bits per heavy atom. The van der Waals surface area contributed by atoms with E-state index in [0.29, 0.717) is 24.2 Å². The third-order valence-corrected chi connectivity index (χ3v) is 4.88. The quantitative estimate of drug-likeness (QED) is 0.747. The summed E-state index contributed by atoms with van der Waals surface area (Å²) in [6.45, 7) is 0. The van der Waals surface area contributed by atoms with Crippen LogP contribution in [0.1, 0.15) is 44.9 Å². The van der Waals surface area contributed by atoms with Crippen LogP contribution in [0.15, 0.2) is 24.3 Å². The van der Waals surface area contributed by atoms with Crippen molar-refractivity contribution < 1.29 is 19.5 Å². The van der Waals surface area contributed by atoms with Crippen molar-refractivity contribution in [1.29, 1.82) is 0 Å².